The molecule has 4 nitrogen and oxygen atoms in total. The number of nitro benzene ring substituents is 1. The van der Waals surface area contributed by atoms with E-state index in [4.69, 9.17) is 4.74 Å². The Labute approximate surface area is 117 Å². The summed E-state index contributed by atoms with van der Waals surface area (Å²) in [5.41, 5.74) is 3.02. The Hall–Kier alpha value is -2.62. The van der Waals surface area contributed by atoms with Crippen LogP contribution in [0.4, 0.5) is 5.69 Å². The van der Waals surface area contributed by atoms with E-state index in [1.54, 1.807) is 6.92 Å². The number of nitrogens with zero attached hydrogens (tertiary/aromatic N) is 1. The molecule has 2 aromatic carbocycles. The van der Waals surface area contributed by atoms with Gasteiger partial charge in [-0.05, 0) is 29.7 Å². The zero-order valence-electron chi connectivity index (χ0n) is 11.4. The van der Waals surface area contributed by atoms with Crippen LogP contribution in [0.25, 0.3) is 16.7 Å². The van der Waals surface area contributed by atoms with Crippen LogP contribution in [0.1, 0.15) is 12.5 Å². The summed E-state index contributed by atoms with van der Waals surface area (Å²) in [6.45, 7) is 5.67. The van der Waals surface area contributed by atoms with Crippen LogP contribution in [0.5, 0.6) is 5.75 Å². The van der Waals surface area contributed by atoms with Crippen molar-refractivity contribution >= 4 is 11.3 Å². The predicted molar refractivity (Wildman–Crippen MR) is 79.8 cm³/mol. The molecular formula is C16H15NO3. The molecule has 0 amide bonds. The second-order valence-corrected chi connectivity index (χ2v) is 4.48. The standard InChI is InChI=1S/C16H15NO3/c1-11(2)14-9-13(12-7-5-4-6-8-12)10-15(17(18)19)16(14)20-3/h4-10H,1H2,2-3H3. The summed E-state index contributed by atoms with van der Waals surface area (Å²) < 4.78 is 5.19. The van der Waals surface area contributed by atoms with Gasteiger partial charge in [0.1, 0.15) is 0 Å². The Morgan fingerprint density at radius 3 is 2.35 bits per heavy atom. The molecule has 0 unspecified atom stereocenters. The number of rotatable bonds is 4. The van der Waals surface area contributed by atoms with E-state index in [0.29, 0.717) is 5.56 Å². The van der Waals surface area contributed by atoms with Crippen molar-refractivity contribution in [3.8, 4) is 16.9 Å². The molecule has 0 atom stereocenters. The van der Waals surface area contributed by atoms with Gasteiger partial charge in [0.15, 0.2) is 0 Å². The van der Waals surface area contributed by atoms with Crippen LogP contribution in [-0.4, -0.2) is 12.0 Å². The van der Waals surface area contributed by atoms with E-state index in [2.05, 4.69) is 6.58 Å². The lowest BCUT2D eigenvalue weighted by Crippen LogP contribution is -1.98. The number of allylic oxidation sites excluding steroid dienone is 1. The maximum absolute atomic E-state index is 11.2. The zero-order chi connectivity index (χ0) is 14.7. The van der Waals surface area contributed by atoms with Gasteiger partial charge in [-0.1, -0.05) is 36.9 Å². The Kier molecular flexibility index (Phi) is 3.84. The highest BCUT2D eigenvalue weighted by Crippen LogP contribution is 2.38. The molecule has 0 N–H and O–H groups in total. The van der Waals surface area contributed by atoms with E-state index in [0.717, 1.165) is 16.7 Å². The van der Waals surface area contributed by atoms with Crippen molar-refractivity contribution < 1.29 is 9.66 Å². The molecule has 0 saturated carbocycles. The summed E-state index contributed by atoms with van der Waals surface area (Å²) in [5, 5.41) is 11.2. The van der Waals surface area contributed by atoms with Crippen molar-refractivity contribution in [3.63, 3.8) is 0 Å². The lowest BCUT2D eigenvalue weighted by Gasteiger charge is -2.11. The lowest BCUT2D eigenvalue weighted by atomic mass is 9.98. The van der Waals surface area contributed by atoms with Crippen molar-refractivity contribution in [1.82, 2.24) is 0 Å². The Morgan fingerprint density at radius 1 is 1.20 bits per heavy atom. The van der Waals surface area contributed by atoms with Crippen LogP contribution in [0, 0.1) is 10.1 Å². The van der Waals surface area contributed by atoms with Crippen molar-refractivity contribution in [2.24, 2.45) is 0 Å². The van der Waals surface area contributed by atoms with Crippen molar-refractivity contribution in [2.75, 3.05) is 7.11 Å². The molecule has 0 spiro atoms. The molecule has 2 aromatic rings. The third kappa shape index (κ3) is 2.54. The number of hydrogen-bond donors (Lipinski definition) is 0. The first-order valence-electron chi connectivity index (χ1n) is 6.12. The lowest BCUT2D eigenvalue weighted by molar-refractivity contribution is -0.385. The van der Waals surface area contributed by atoms with E-state index < -0.39 is 4.92 Å². The number of nitro groups is 1. The summed E-state index contributed by atoms with van der Waals surface area (Å²) in [7, 11) is 1.43. The van der Waals surface area contributed by atoms with Gasteiger partial charge in [-0.3, -0.25) is 10.1 Å². The molecule has 2 rings (SSSR count). The quantitative estimate of drug-likeness (QED) is 0.614. The van der Waals surface area contributed by atoms with Gasteiger partial charge in [-0.25, -0.2) is 0 Å². The largest absolute Gasteiger partial charge is 0.490 e. The minimum Gasteiger partial charge on any atom is -0.490 e. The summed E-state index contributed by atoms with van der Waals surface area (Å²) >= 11 is 0. The zero-order valence-corrected chi connectivity index (χ0v) is 11.4. The second-order valence-electron chi connectivity index (χ2n) is 4.48. The van der Waals surface area contributed by atoms with Gasteiger partial charge in [0.25, 0.3) is 0 Å². The van der Waals surface area contributed by atoms with Gasteiger partial charge < -0.3 is 4.74 Å². The maximum Gasteiger partial charge on any atom is 0.312 e. The van der Waals surface area contributed by atoms with Gasteiger partial charge in [0, 0.05) is 11.6 Å². The molecule has 4 heteroatoms. The molecule has 0 aliphatic rings. The van der Waals surface area contributed by atoms with Gasteiger partial charge in [-0.2, -0.15) is 0 Å². The van der Waals surface area contributed by atoms with Crippen LogP contribution in [-0.2, 0) is 0 Å². The summed E-state index contributed by atoms with van der Waals surface area (Å²) in [6, 6.07) is 12.9. The minimum atomic E-state index is -0.433. The number of ether oxygens (including phenoxy) is 1. The third-order valence-electron chi connectivity index (χ3n) is 3.04. The molecule has 0 saturated heterocycles. The Bertz CT molecular complexity index is 628. The third-order valence-corrected chi connectivity index (χ3v) is 3.04. The van der Waals surface area contributed by atoms with Gasteiger partial charge in [0.05, 0.1) is 12.0 Å². The van der Waals surface area contributed by atoms with Crippen molar-refractivity contribution in [2.45, 2.75) is 6.92 Å². The fourth-order valence-electron chi connectivity index (χ4n) is 2.08. The first kappa shape index (κ1) is 13.8. The molecule has 0 fully saturated rings. The van der Waals surface area contributed by atoms with Crippen molar-refractivity contribution in [1.29, 1.82) is 0 Å². The normalized spacial score (nSPS) is 10.1. The maximum atomic E-state index is 11.2. The first-order chi connectivity index (χ1) is 9.54. The highest BCUT2D eigenvalue weighted by molar-refractivity contribution is 5.79. The highest BCUT2D eigenvalue weighted by atomic mass is 16.6. The highest BCUT2D eigenvalue weighted by Gasteiger charge is 2.21. The average Bonchev–Trinajstić information content (AvgIpc) is 2.46. The summed E-state index contributed by atoms with van der Waals surface area (Å²) in [4.78, 5) is 10.8. The van der Waals surface area contributed by atoms with Crippen molar-refractivity contribution in [3.05, 3.63) is 64.7 Å². The summed E-state index contributed by atoms with van der Waals surface area (Å²) in [6.07, 6.45) is 0. The number of methoxy groups -OCH3 is 1. The van der Waals surface area contributed by atoms with Crippen LogP contribution < -0.4 is 4.74 Å². The van der Waals surface area contributed by atoms with Crippen LogP contribution in [0.3, 0.4) is 0 Å². The van der Waals surface area contributed by atoms with E-state index >= 15 is 0 Å². The van der Waals surface area contributed by atoms with E-state index in [1.807, 2.05) is 36.4 Å². The predicted octanol–water partition coefficient (Wildman–Crippen LogP) is 4.30. The Balaban J connectivity index is 2.73. The fraction of sp³-hybridized carbons (Fsp3) is 0.125. The molecule has 0 aliphatic carbocycles. The fourth-order valence-corrected chi connectivity index (χ4v) is 2.08. The minimum absolute atomic E-state index is 0.0492. The smallest absolute Gasteiger partial charge is 0.312 e. The topological polar surface area (TPSA) is 52.4 Å². The molecule has 0 bridgehead atoms. The summed E-state index contributed by atoms with van der Waals surface area (Å²) in [5.74, 6) is 0.252. The van der Waals surface area contributed by atoms with Crippen LogP contribution in [0.2, 0.25) is 0 Å². The molecule has 0 aliphatic heterocycles. The van der Waals surface area contributed by atoms with E-state index in [9.17, 15) is 10.1 Å². The molecular weight excluding hydrogens is 254 g/mol. The van der Waals surface area contributed by atoms with Crippen LogP contribution in [0.15, 0.2) is 49.0 Å². The Morgan fingerprint density at radius 2 is 1.85 bits per heavy atom. The first-order valence-corrected chi connectivity index (χ1v) is 6.12. The van der Waals surface area contributed by atoms with Gasteiger partial charge >= 0.3 is 5.69 Å². The SMILES string of the molecule is C=C(C)c1cc(-c2ccccc2)cc([N+](=O)[O-])c1OC. The molecule has 0 radical (unpaired) electrons. The second kappa shape index (κ2) is 5.57. The van der Waals surface area contributed by atoms with Gasteiger partial charge in [0.2, 0.25) is 5.75 Å². The molecule has 20 heavy (non-hydrogen) atoms. The van der Waals surface area contributed by atoms with E-state index in [-0.39, 0.29) is 11.4 Å². The van der Waals surface area contributed by atoms with Crippen LogP contribution >= 0.6 is 0 Å². The molecule has 102 valence electrons. The number of hydrogen-bond acceptors (Lipinski definition) is 3. The average molecular weight is 269 g/mol. The number of benzene rings is 2. The van der Waals surface area contributed by atoms with E-state index in [1.165, 1.54) is 13.2 Å². The molecule has 0 aromatic heterocycles. The van der Waals surface area contributed by atoms with Gasteiger partial charge in [-0.15, -0.1) is 0 Å². The monoisotopic (exact) mass is 269 g/mol. The molecule has 0 heterocycles.